The Morgan fingerprint density at radius 3 is 2.51 bits per heavy atom. The molecule has 0 saturated carbocycles. The molecule has 13 nitrogen and oxygen atoms in total. The van der Waals surface area contributed by atoms with Gasteiger partial charge in [0.15, 0.2) is 5.82 Å². The first-order valence-electron chi connectivity index (χ1n) is 11.8. The number of carbonyl (C=O) groups excluding carboxylic acids is 3. The van der Waals surface area contributed by atoms with E-state index in [0.29, 0.717) is 31.7 Å². The van der Waals surface area contributed by atoms with Crippen LogP contribution in [0.15, 0.2) is 36.4 Å². The second kappa shape index (κ2) is 13.2. The summed E-state index contributed by atoms with van der Waals surface area (Å²) in [6, 6.07) is 8.78. The number of hydrogen-bond acceptors (Lipinski definition) is 9. The van der Waals surface area contributed by atoms with Crippen molar-refractivity contribution in [2.24, 2.45) is 0 Å². The van der Waals surface area contributed by atoms with E-state index in [1.165, 1.54) is 11.0 Å². The number of anilines is 1. The number of hydrogen-bond donors (Lipinski definition) is 5. The molecule has 0 radical (unpaired) electrons. The second-order valence-corrected chi connectivity index (χ2v) is 9.95. The zero-order valence-corrected chi connectivity index (χ0v) is 21.3. The van der Waals surface area contributed by atoms with Crippen LogP contribution in [0.2, 0.25) is 0 Å². The highest BCUT2D eigenvalue weighted by atomic mass is 31.2. The summed E-state index contributed by atoms with van der Waals surface area (Å²) in [5.74, 6) is -1.30. The van der Waals surface area contributed by atoms with Crippen molar-refractivity contribution in [1.82, 2.24) is 25.5 Å². The number of ether oxygens (including phenoxy) is 1. The van der Waals surface area contributed by atoms with Gasteiger partial charge in [0, 0.05) is 44.4 Å². The molecular formula is C23H31N6O7P. The lowest BCUT2D eigenvalue weighted by Gasteiger charge is -2.31. The van der Waals surface area contributed by atoms with Gasteiger partial charge in [-0.15, -0.1) is 0 Å². The van der Waals surface area contributed by atoms with Crippen LogP contribution in [0, 0.1) is 0 Å². The van der Waals surface area contributed by atoms with Gasteiger partial charge in [-0.05, 0) is 6.92 Å². The molecule has 0 spiro atoms. The molecule has 1 saturated heterocycles. The van der Waals surface area contributed by atoms with Gasteiger partial charge >= 0.3 is 13.6 Å². The molecule has 1 fully saturated rings. The highest BCUT2D eigenvalue weighted by Gasteiger charge is 2.33. The van der Waals surface area contributed by atoms with Crippen molar-refractivity contribution in [2.75, 3.05) is 50.8 Å². The van der Waals surface area contributed by atoms with E-state index in [-0.39, 0.29) is 36.9 Å². The van der Waals surface area contributed by atoms with Crippen LogP contribution < -0.4 is 16.0 Å². The van der Waals surface area contributed by atoms with E-state index in [2.05, 4.69) is 25.9 Å². The maximum absolute atomic E-state index is 13.2. The third kappa shape index (κ3) is 8.90. The number of carbonyl (C=O) groups is 3. The van der Waals surface area contributed by atoms with Gasteiger partial charge in [0.25, 0.3) is 5.91 Å². The number of rotatable bonds is 11. The fourth-order valence-corrected chi connectivity index (χ4v) is 4.38. The SMILES string of the molecule is CCOC(=O)CCNc1cc(C(=O)NC(CP(=O)(O)O)C(=O)N2CCNCC2)nc(-c2ccccc2)n1. The quantitative estimate of drug-likeness (QED) is 0.196. The summed E-state index contributed by atoms with van der Waals surface area (Å²) in [5.41, 5.74) is 0.505. The van der Waals surface area contributed by atoms with Crippen molar-refractivity contribution in [2.45, 2.75) is 19.4 Å². The Morgan fingerprint density at radius 1 is 1.16 bits per heavy atom. The van der Waals surface area contributed by atoms with E-state index in [0.717, 1.165) is 0 Å². The third-order valence-corrected chi connectivity index (χ3v) is 6.22. The Kier molecular flexibility index (Phi) is 10.1. The van der Waals surface area contributed by atoms with Gasteiger partial charge < -0.3 is 35.4 Å². The zero-order valence-electron chi connectivity index (χ0n) is 20.4. The van der Waals surface area contributed by atoms with Crippen molar-refractivity contribution in [3.8, 4) is 11.4 Å². The molecule has 200 valence electrons. The molecule has 2 aromatic rings. The standard InChI is InChI=1S/C23H31N6O7P/c1-2-36-20(30)8-9-25-19-14-17(26-21(28-19)16-6-4-3-5-7-16)22(31)27-18(15-37(33,34)35)23(32)29-12-10-24-11-13-29/h3-7,14,18,24H,2,8-13,15H2,1H3,(H,27,31)(H,25,26,28)(H2,33,34,35). The van der Waals surface area contributed by atoms with Crippen molar-refractivity contribution >= 4 is 31.2 Å². The molecule has 1 aliphatic heterocycles. The molecule has 1 aliphatic rings. The monoisotopic (exact) mass is 534 g/mol. The summed E-state index contributed by atoms with van der Waals surface area (Å²) in [6.45, 7) is 3.94. The highest BCUT2D eigenvalue weighted by molar-refractivity contribution is 7.51. The van der Waals surface area contributed by atoms with Crippen molar-refractivity contribution < 1.29 is 33.5 Å². The van der Waals surface area contributed by atoms with Crippen LogP contribution in [-0.2, 0) is 18.9 Å². The fraction of sp³-hybridized carbons (Fsp3) is 0.435. The normalized spacial score (nSPS) is 14.5. The van der Waals surface area contributed by atoms with Crippen molar-refractivity contribution in [1.29, 1.82) is 0 Å². The molecule has 5 N–H and O–H groups in total. The summed E-state index contributed by atoms with van der Waals surface area (Å²) in [4.78, 5) is 67.1. The molecule has 0 bridgehead atoms. The van der Waals surface area contributed by atoms with Crippen LogP contribution in [0.25, 0.3) is 11.4 Å². The minimum Gasteiger partial charge on any atom is -0.466 e. The molecule has 2 amide bonds. The van der Waals surface area contributed by atoms with Gasteiger partial charge in [0.1, 0.15) is 17.6 Å². The van der Waals surface area contributed by atoms with Gasteiger partial charge in [-0.25, -0.2) is 9.97 Å². The molecule has 37 heavy (non-hydrogen) atoms. The van der Waals surface area contributed by atoms with E-state index in [9.17, 15) is 28.7 Å². The summed E-state index contributed by atoms with van der Waals surface area (Å²) in [5, 5.41) is 8.51. The van der Waals surface area contributed by atoms with Gasteiger partial charge in [-0.2, -0.15) is 0 Å². The minimum absolute atomic E-state index is 0.0730. The predicted molar refractivity (Wildman–Crippen MR) is 135 cm³/mol. The Bertz CT molecular complexity index is 1140. The summed E-state index contributed by atoms with van der Waals surface area (Å²) < 4.78 is 16.7. The first-order chi connectivity index (χ1) is 17.7. The van der Waals surface area contributed by atoms with Crippen LogP contribution in [0.3, 0.4) is 0 Å². The number of esters is 1. The highest BCUT2D eigenvalue weighted by Crippen LogP contribution is 2.35. The number of benzene rings is 1. The fourth-order valence-electron chi connectivity index (χ4n) is 3.66. The molecule has 2 heterocycles. The minimum atomic E-state index is -4.64. The zero-order chi connectivity index (χ0) is 26.8. The Labute approximate surface area is 214 Å². The largest absolute Gasteiger partial charge is 0.466 e. The van der Waals surface area contributed by atoms with E-state index < -0.39 is 37.6 Å². The maximum Gasteiger partial charge on any atom is 0.328 e. The Morgan fingerprint density at radius 2 is 1.86 bits per heavy atom. The lowest BCUT2D eigenvalue weighted by Crippen LogP contribution is -2.55. The van der Waals surface area contributed by atoms with Crippen molar-refractivity contribution in [3.05, 3.63) is 42.1 Å². The summed E-state index contributed by atoms with van der Waals surface area (Å²) >= 11 is 0. The Hall–Kier alpha value is -3.38. The first-order valence-corrected chi connectivity index (χ1v) is 13.6. The molecular weight excluding hydrogens is 503 g/mol. The number of nitrogens with zero attached hydrogens (tertiary/aromatic N) is 3. The van der Waals surface area contributed by atoms with Crippen LogP contribution in [-0.4, -0.2) is 94.0 Å². The molecule has 3 rings (SSSR count). The average molecular weight is 535 g/mol. The third-order valence-electron chi connectivity index (χ3n) is 5.38. The molecule has 1 atom stereocenters. The molecule has 0 aliphatic carbocycles. The van der Waals surface area contributed by atoms with Gasteiger partial charge in [-0.1, -0.05) is 30.3 Å². The van der Waals surface area contributed by atoms with Crippen LogP contribution in [0.4, 0.5) is 5.82 Å². The smallest absolute Gasteiger partial charge is 0.328 e. The predicted octanol–water partition coefficient (Wildman–Crippen LogP) is 0.217. The van der Waals surface area contributed by atoms with Crippen LogP contribution in [0.1, 0.15) is 23.8 Å². The number of nitrogens with one attached hydrogen (secondary N) is 3. The van der Waals surface area contributed by atoms with E-state index in [4.69, 9.17) is 4.74 Å². The lowest BCUT2D eigenvalue weighted by atomic mass is 10.2. The Balaban J connectivity index is 1.85. The average Bonchev–Trinajstić information content (AvgIpc) is 2.88. The van der Waals surface area contributed by atoms with Gasteiger partial charge in [-0.3, -0.25) is 18.9 Å². The lowest BCUT2D eigenvalue weighted by molar-refractivity contribution is -0.142. The number of piperazine rings is 1. The summed E-state index contributed by atoms with van der Waals surface area (Å²) in [6.07, 6.45) is -0.771. The molecule has 1 aromatic heterocycles. The maximum atomic E-state index is 13.2. The van der Waals surface area contributed by atoms with E-state index in [1.807, 2.05) is 6.07 Å². The van der Waals surface area contributed by atoms with Gasteiger partial charge in [0.2, 0.25) is 5.91 Å². The summed E-state index contributed by atoms with van der Waals surface area (Å²) in [7, 11) is -4.64. The second-order valence-electron chi connectivity index (χ2n) is 8.26. The topological polar surface area (TPSA) is 183 Å². The van der Waals surface area contributed by atoms with Crippen molar-refractivity contribution in [3.63, 3.8) is 0 Å². The molecule has 1 unspecified atom stereocenters. The molecule has 1 aromatic carbocycles. The van der Waals surface area contributed by atoms with Gasteiger partial charge in [0.05, 0.1) is 19.2 Å². The molecule has 14 heteroatoms. The van der Waals surface area contributed by atoms with Crippen LogP contribution in [0.5, 0.6) is 0 Å². The first kappa shape index (κ1) is 28.2. The van der Waals surface area contributed by atoms with E-state index >= 15 is 0 Å². The van der Waals surface area contributed by atoms with E-state index in [1.54, 1.807) is 31.2 Å². The number of amides is 2. The van der Waals surface area contributed by atoms with Crippen LogP contribution >= 0.6 is 7.60 Å². The number of aromatic nitrogens is 2.